The average molecular weight is 263 g/mol. The highest BCUT2D eigenvalue weighted by Gasteiger charge is 2.34. The molecular formula is C14H21N3O2. The van der Waals surface area contributed by atoms with E-state index in [1.54, 1.807) is 4.68 Å². The van der Waals surface area contributed by atoms with Crippen LogP contribution in [0.25, 0.3) is 0 Å². The molecule has 0 bridgehead atoms. The van der Waals surface area contributed by atoms with Gasteiger partial charge in [0.1, 0.15) is 0 Å². The van der Waals surface area contributed by atoms with Gasteiger partial charge in [-0.2, -0.15) is 5.10 Å². The van der Waals surface area contributed by atoms with Gasteiger partial charge in [-0.15, -0.1) is 0 Å². The zero-order chi connectivity index (χ0) is 13.2. The number of rotatable bonds is 5. The van der Waals surface area contributed by atoms with E-state index in [-0.39, 0.29) is 12.0 Å². The minimum atomic E-state index is 0.141. The third-order valence-corrected chi connectivity index (χ3v) is 3.85. The monoisotopic (exact) mass is 263 g/mol. The number of hydrogen-bond acceptors (Lipinski definition) is 3. The molecule has 1 unspecified atom stereocenters. The average Bonchev–Trinajstić information content (AvgIpc) is 2.94. The fourth-order valence-electron chi connectivity index (χ4n) is 2.67. The maximum Gasteiger partial charge on any atom is 0.225 e. The fourth-order valence-corrected chi connectivity index (χ4v) is 2.67. The lowest BCUT2D eigenvalue weighted by Crippen LogP contribution is -2.34. The Bertz CT molecular complexity index is 447. The van der Waals surface area contributed by atoms with Crippen molar-refractivity contribution in [2.75, 3.05) is 6.61 Å². The minimum Gasteiger partial charge on any atom is -0.378 e. The summed E-state index contributed by atoms with van der Waals surface area (Å²) < 4.78 is 7.35. The summed E-state index contributed by atoms with van der Waals surface area (Å²) in [4.78, 5) is 14.4. The molecule has 1 aromatic heterocycles. The molecule has 19 heavy (non-hydrogen) atoms. The summed E-state index contributed by atoms with van der Waals surface area (Å²) in [5.74, 6) is 0.234. The summed E-state index contributed by atoms with van der Waals surface area (Å²) in [6.07, 6.45) is 8.89. The summed E-state index contributed by atoms with van der Waals surface area (Å²) in [6, 6.07) is 0.439. The maximum absolute atomic E-state index is 12.4. The molecule has 0 N–H and O–H groups in total. The smallest absolute Gasteiger partial charge is 0.225 e. The second kappa shape index (κ2) is 5.33. The van der Waals surface area contributed by atoms with Crippen LogP contribution in [0, 0.1) is 0 Å². The third-order valence-electron chi connectivity index (χ3n) is 3.85. The van der Waals surface area contributed by atoms with Crippen LogP contribution in [0.2, 0.25) is 0 Å². The van der Waals surface area contributed by atoms with Gasteiger partial charge in [-0.05, 0) is 25.7 Å². The van der Waals surface area contributed by atoms with Crippen LogP contribution in [-0.2, 0) is 23.1 Å². The Balaban J connectivity index is 1.61. The molecule has 0 spiro atoms. The number of ether oxygens (including phenoxy) is 1. The zero-order valence-electron chi connectivity index (χ0n) is 11.4. The molecule has 104 valence electrons. The zero-order valence-corrected chi connectivity index (χ0v) is 11.4. The van der Waals surface area contributed by atoms with E-state index in [9.17, 15) is 4.79 Å². The van der Waals surface area contributed by atoms with E-state index in [4.69, 9.17) is 4.74 Å². The van der Waals surface area contributed by atoms with E-state index < -0.39 is 0 Å². The van der Waals surface area contributed by atoms with Gasteiger partial charge in [-0.1, -0.05) is 0 Å². The number of carbonyl (C=O) groups is 1. The molecule has 1 aliphatic heterocycles. The number of aryl methyl sites for hydroxylation is 1. The van der Waals surface area contributed by atoms with E-state index in [1.165, 1.54) is 0 Å². The number of amides is 1. The summed E-state index contributed by atoms with van der Waals surface area (Å²) in [5, 5.41) is 4.17. The predicted molar refractivity (Wildman–Crippen MR) is 70.4 cm³/mol. The summed E-state index contributed by atoms with van der Waals surface area (Å²) >= 11 is 0. The van der Waals surface area contributed by atoms with Gasteiger partial charge in [0.15, 0.2) is 0 Å². The van der Waals surface area contributed by atoms with Crippen molar-refractivity contribution in [1.29, 1.82) is 0 Å². The highest BCUT2D eigenvalue weighted by Crippen LogP contribution is 2.30. The van der Waals surface area contributed by atoms with E-state index in [1.807, 2.05) is 24.3 Å². The molecule has 5 nitrogen and oxygen atoms in total. The lowest BCUT2D eigenvalue weighted by molar-refractivity contribution is -0.134. The van der Waals surface area contributed by atoms with Gasteiger partial charge >= 0.3 is 0 Å². The number of carbonyl (C=O) groups excluding carboxylic acids is 1. The van der Waals surface area contributed by atoms with Gasteiger partial charge in [-0.25, -0.2) is 0 Å². The van der Waals surface area contributed by atoms with Gasteiger partial charge in [0, 0.05) is 38.0 Å². The summed E-state index contributed by atoms with van der Waals surface area (Å²) in [7, 11) is 1.90. The van der Waals surface area contributed by atoms with Gasteiger partial charge in [0.05, 0.1) is 18.7 Å². The van der Waals surface area contributed by atoms with Crippen LogP contribution in [0.5, 0.6) is 0 Å². The highest BCUT2D eigenvalue weighted by atomic mass is 16.5. The van der Waals surface area contributed by atoms with Gasteiger partial charge in [0.25, 0.3) is 0 Å². The van der Waals surface area contributed by atoms with Crippen molar-refractivity contribution >= 4 is 5.91 Å². The number of nitrogens with zero attached hydrogens (tertiary/aromatic N) is 3. The number of aromatic nitrogens is 2. The first-order chi connectivity index (χ1) is 9.22. The first-order valence-corrected chi connectivity index (χ1v) is 7.11. The molecular weight excluding hydrogens is 242 g/mol. The summed E-state index contributed by atoms with van der Waals surface area (Å²) in [6.45, 7) is 1.49. The molecule has 0 radical (unpaired) electrons. The molecule has 2 heterocycles. The minimum absolute atomic E-state index is 0.141. The maximum atomic E-state index is 12.4. The van der Waals surface area contributed by atoms with Crippen molar-refractivity contribution in [3.8, 4) is 0 Å². The summed E-state index contributed by atoms with van der Waals surface area (Å²) in [5.41, 5.74) is 1.11. The largest absolute Gasteiger partial charge is 0.378 e. The topological polar surface area (TPSA) is 47.4 Å². The lowest BCUT2D eigenvalue weighted by Gasteiger charge is -2.23. The second-order valence-corrected chi connectivity index (χ2v) is 5.61. The molecule has 1 aromatic rings. The van der Waals surface area contributed by atoms with Crippen LogP contribution >= 0.6 is 0 Å². The molecule has 1 atom stereocenters. The van der Waals surface area contributed by atoms with E-state index in [0.29, 0.717) is 19.0 Å². The van der Waals surface area contributed by atoms with Crippen LogP contribution in [0.4, 0.5) is 0 Å². The molecule has 0 aromatic carbocycles. The molecule has 2 fully saturated rings. The second-order valence-electron chi connectivity index (χ2n) is 5.61. The van der Waals surface area contributed by atoms with Crippen molar-refractivity contribution < 1.29 is 9.53 Å². The first kappa shape index (κ1) is 12.7. The Morgan fingerprint density at radius 3 is 2.95 bits per heavy atom. The SMILES string of the molecule is Cn1cc(CN(C(=O)CC2CCCO2)C2CC2)cn1. The quantitative estimate of drug-likeness (QED) is 0.808. The van der Waals surface area contributed by atoms with Crippen molar-refractivity contribution in [3.63, 3.8) is 0 Å². The Morgan fingerprint density at radius 2 is 2.37 bits per heavy atom. The molecule has 3 rings (SSSR count). The van der Waals surface area contributed by atoms with Gasteiger partial charge < -0.3 is 9.64 Å². The van der Waals surface area contributed by atoms with Crippen LogP contribution in [0.15, 0.2) is 12.4 Å². The molecule has 1 aliphatic carbocycles. The van der Waals surface area contributed by atoms with Crippen LogP contribution < -0.4 is 0 Å². The molecule has 2 aliphatic rings. The Morgan fingerprint density at radius 1 is 1.53 bits per heavy atom. The van der Waals surface area contributed by atoms with Crippen molar-refractivity contribution in [2.24, 2.45) is 7.05 Å². The predicted octanol–water partition coefficient (Wildman–Crippen LogP) is 1.48. The molecule has 1 amide bonds. The highest BCUT2D eigenvalue weighted by molar-refractivity contribution is 5.77. The molecule has 1 saturated carbocycles. The Labute approximate surface area is 113 Å². The van der Waals surface area contributed by atoms with Crippen molar-refractivity contribution in [3.05, 3.63) is 18.0 Å². The van der Waals surface area contributed by atoms with Crippen LogP contribution in [0.3, 0.4) is 0 Å². The van der Waals surface area contributed by atoms with E-state index in [0.717, 1.165) is 37.9 Å². The van der Waals surface area contributed by atoms with Crippen LogP contribution in [0.1, 0.15) is 37.7 Å². The number of hydrogen-bond donors (Lipinski definition) is 0. The van der Waals surface area contributed by atoms with Crippen LogP contribution in [-0.4, -0.2) is 39.3 Å². The lowest BCUT2D eigenvalue weighted by atomic mass is 10.1. The van der Waals surface area contributed by atoms with Gasteiger partial charge in [0.2, 0.25) is 5.91 Å². The van der Waals surface area contributed by atoms with Crippen molar-refractivity contribution in [1.82, 2.24) is 14.7 Å². The van der Waals surface area contributed by atoms with E-state index in [2.05, 4.69) is 5.10 Å². The third kappa shape index (κ3) is 3.15. The molecule has 1 saturated heterocycles. The van der Waals surface area contributed by atoms with E-state index >= 15 is 0 Å². The standard InChI is InChI=1S/C14H21N3O2/c1-16-9-11(8-15-16)10-17(12-4-5-12)14(18)7-13-3-2-6-19-13/h8-9,12-13H,2-7,10H2,1H3. The Hall–Kier alpha value is -1.36. The molecule has 5 heteroatoms. The van der Waals surface area contributed by atoms with Crippen molar-refractivity contribution in [2.45, 2.75) is 50.8 Å². The first-order valence-electron chi connectivity index (χ1n) is 7.11. The van der Waals surface area contributed by atoms with Gasteiger partial charge in [-0.3, -0.25) is 9.48 Å². The fraction of sp³-hybridized carbons (Fsp3) is 0.714. The normalized spacial score (nSPS) is 22.7. The Kier molecular flexibility index (Phi) is 3.55.